The van der Waals surface area contributed by atoms with Gasteiger partial charge in [-0.3, -0.25) is 4.79 Å². The smallest absolute Gasteiger partial charge is 0.241 e. The van der Waals surface area contributed by atoms with Gasteiger partial charge in [0.1, 0.15) is 12.8 Å². The van der Waals surface area contributed by atoms with Crippen LogP contribution in [0.4, 0.5) is 5.82 Å². The van der Waals surface area contributed by atoms with Gasteiger partial charge in [-0.2, -0.15) is 5.48 Å². The third-order valence-electron chi connectivity index (χ3n) is 1.08. The second kappa shape index (κ2) is 4.47. The number of rotatable bonds is 4. The van der Waals surface area contributed by atoms with E-state index in [0.717, 1.165) is 0 Å². The van der Waals surface area contributed by atoms with Crippen molar-refractivity contribution in [2.45, 2.75) is 0 Å². The minimum Gasteiger partial charge on any atom is -0.363 e. The molecule has 6 nitrogen and oxygen atoms in total. The minimum absolute atomic E-state index is 0.0728. The number of hydrogen-bond acceptors (Lipinski definition) is 5. The second-order valence-electron chi connectivity index (χ2n) is 1.96. The zero-order chi connectivity index (χ0) is 8.81. The van der Waals surface area contributed by atoms with Gasteiger partial charge < -0.3 is 14.7 Å². The molecule has 0 spiro atoms. The third kappa shape index (κ3) is 2.69. The number of aromatic nitrogens is 1. The van der Waals surface area contributed by atoms with Crippen molar-refractivity contribution in [1.29, 1.82) is 0 Å². The molecule has 0 unspecified atom stereocenters. The predicted molar refractivity (Wildman–Crippen MR) is 40.1 cm³/mol. The molecule has 0 saturated carbocycles. The highest BCUT2D eigenvalue weighted by molar-refractivity contribution is 5.91. The van der Waals surface area contributed by atoms with Crippen LogP contribution in [0.5, 0.6) is 0 Å². The quantitative estimate of drug-likeness (QED) is 0.611. The summed E-state index contributed by atoms with van der Waals surface area (Å²) < 4.78 is 4.50. The van der Waals surface area contributed by atoms with E-state index in [1.54, 1.807) is 6.07 Å². The minimum atomic E-state index is -0.245. The molecule has 0 aliphatic heterocycles. The van der Waals surface area contributed by atoms with E-state index < -0.39 is 0 Å². The molecule has 0 saturated heterocycles. The van der Waals surface area contributed by atoms with Crippen LogP contribution in [-0.4, -0.2) is 24.7 Å². The lowest BCUT2D eigenvalue weighted by Crippen LogP contribution is -2.27. The average molecular weight is 171 g/mol. The van der Waals surface area contributed by atoms with Crippen LogP contribution in [0.25, 0.3) is 0 Å². The lowest BCUT2D eigenvalue weighted by molar-refractivity contribution is -0.117. The fourth-order valence-corrected chi connectivity index (χ4v) is 0.602. The van der Waals surface area contributed by atoms with Crippen LogP contribution < -0.4 is 10.8 Å². The number of amides is 1. The van der Waals surface area contributed by atoms with Gasteiger partial charge in [0.15, 0.2) is 5.82 Å². The van der Waals surface area contributed by atoms with Crippen LogP contribution >= 0.6 is 0 Å². The van der Waals surface area contributed by atoms with Gasteiger partial charge in [-0.15, -0.1) is 0 Å². The summed E-state index contributed by atoms with van der Waals surface area (Å²) in [5.41, 5.74) is 2.39. The first kappa shape index (κ1) is 8.69. The maximum absolute atomic E-state index is 10.9. The van der Waals surface area contributed by atoms with Crippen LogP contribution in [0, 0.1) is 0 Å². The summed E-state index contributed by atoms with van der Waals surface area (Å²) >= 11 is 0. The Hall–Kier alpha value is -1.40. The van der Waals surface area contributed by atoms with Gasteiger partial charge in [-0.1, -0.05) is 5.16 Å². The molecule has 66 valence electrons. The van der Waals surface area contributed by atoms with E-state index in [9.17, 15) is 4.79 Å². The van der Waals surface area contributed by atoms with Crippen LogP contribution in [0.2, 0.25) is 0 Å². The molecule has 0 radical (unpaired) electrons. The molecule has 2 N–H and O–H groups in total. The lowest BCUT2D eigenvalue weighted by atomic mass is 10.5. The van der Waals surface area contributed by atoms with Crippen LogP contribution in [-0.2, 0) is 9.63 Å². The summed E-state index contributed by atoms with van der Waals surface area (Å²) in [6.07, 6.45) is 1.37. The fourth-order valence-electron chi connectivity index (χ4n) is 0.602. The zero-order valence-corrected chi connectivity index (χ0v) is 6.53. The number of carbonyl (C=O) groups is 1. The van der Waals surface area contributed by atoms with Gasteiger partial charge in [0.05, 0.1) is 7.11 Å². The highest BCUT2D eigenvalue weighted by Crippen LogP contribution is 1.99. The number of nitrogens with one attached hydrogen (secondary N) is 2. The summed E-state index contributed by atoms with van der Waals surface area (Å²) in [6.45, 7) is 0.0728. The molecule has 0 fully saturated rings. The molecule has 1 aromatic heterocycles. The summed E-state index contributed by atoms with van der Waals surface area (Å²) in [5, 5.41) is 5.96. The molecule has 0 aromatic carbocycles. The van der Waals surface area contributed by atoms with Crippen LogP contribution in [0.3, 0.4) is 0 Å². The van der Waals surface area contributed by atoms with E-state index in [2.05, 4.69) is 25.3 Å². The van der Waals surface area contributed by atoms with Crippen molar-refractivity contribution in [3.63, 3.8) is 0 Å². The molecule has 0 aliphatic rings. The number of nitrogens with zero attached hydrogens (tertiary/aromatic N) is 1. The Balaban J connectivity index is 2.27. The van der Waals surface area contributed by atoms with Gasteiger partial charge >= 0.3 is 0 Å². The standard InChI is InChI=1S/C6H9N3O3/c1-11-7-4-6(10)8-5-2-3-12-9-5/h2-3,7H,4H2,1H3,(H,8,9,10). The maximum Gasteiger partial charge on any atom is 0.241 e. The normalized spacial score (nSPS) is 9.75. The fraction of sp³-hybridized carbons (Fsp3) is 0.333. The molecule has 1 aromatic rings. The summed E-state index contributed by atoms with van der Waals surface area (Å²) in [4.78, 5) is 15.4. The van der Waals surface area contributed by atoms with Gasteiger partial charge in [-0.05, 0) is 0 Å². The first-order chi connectivity index (χ1) is 5.83. The van der Waals surface area contributed by atoms with E-state index >= 15 is 0 Å². The topological polar surface area (TPSA) is 76.4 Å². The molecule has 12 heavy (non-hydrogen) atoms. The van der Waals surface area contributed by atoms with Crippen LogP contribution in [0.1, 0.15) is 0 Å². The van der Waals surface area contributed by atoms with Crippen LogP contribution in [0.15, 0.2) is 16.9 Å². The summed E-state index contributed by atoms with van der Waals surface area (Å²) in [6, 6.07) is 1.55. The van der Waals surface area contributed by atoms with E-state index in [0.29, 0.717) is 5.82 Å². The average Bonchev–Trinajstić information content (AvgIpc) is 2.53. The molecular formula is C6H9N3O3. The van der Waals surface area contributed by atoms with E-state index in [4.69, 9.17) is 0 Å². The number of hydroxylamine groups is 1. The molecular weight excluding hydrogens is 162 g/mol. The Morgan fingerprint density at radius 2 is 2.67 bits per heavy atom. The van der Waals surface area contributed by atoms with Gasteiger partial charge in [0, 0.05) is 6.07 Å². The van der Waals surface area contributed by atoms with Crippen molar-refractivity contribution < 1.29 is 14.2 Å². The Labute approximate surface area is 68.8 Å². The lowest BCUT2D eigenvalue weighted by Gasteiger charge is -2.00. The third-order valence-corrected chi connectivity index (χ3v) is 1.08. The predicted octanol–water partition coefficient (Wildman–Crippen LogP) is -0.236. The van der Waals surface area contributed by atoms with Gasteiger partial charge in [0.2, 0.25) is 5.91 Å². The molecule has 0 bridgehead atoms. The Morgan fingerprint density at radius 1 is 1.83 bits per heavy atom. The molecule has 1 heterocycles. The van der Waals surface area contributed by atoms with Gasteiger partial charge in [0.25, 0.3) is 0 Å². The van der Waals surface area contributed by atoms with E-state index in [1.165, 1.54) is 13.4 Å². The molecule has 6 heteroatoms. The van der Waals surface area contributed by atoms with E-state index in [1.807, 2.05) is 0 Å². The van der Waals surface area contributed by atoms with Gasteiger partial charge in [-0.25, -0.2) is 0 Å². The molecule has 0 aliphatic carbocycles. The number of carbonyl (C=O) groups excluding carboxylic acids is 1. The number of hydrogen-bond donors (Lipinski definition) is 2. The highest BCUT2D eigenvalue weighted by atomic mass is 16.6. The molecule has 1 rings (SSSR count). The van der Waals surface area contributed by atoms with Crippen molar-refractivity contribution in [2.24, 2.45) is 0 Å². The first-order valence-corrected chi connectivity index (χ1v) is 3.29. The Morgan fingerprint density at radius 3 is 3.25 bits per heavy atom. The van der Waals surface area contributed by atoms with Crippen molar-refractivity contribution in [3.05, 3.63) is 12.3 Å². The highest BCUT2D eigenvalue weighted by Gasteiger charge is 2.02. The van der Waals surface area contributed by atoms with Crippen molar-refractivity contribution in [1.82, 2.24) is 10.6 Å². The Kier molecular flexibility index (Phi) is 3.24. The Bertz CT molecular complexity index is 234. The summed E-state index contributed by atoms with van der Waals surface area (Å²) in [5.74, 6) is 0.142. The molecule has 1 amide bonds. The largest absolute Gasteiger partial charge is 0.363 e. The van der Waals surface area contributed by atoms with E-state index in [-0.39, 0.29) is 12.5 Å². The molecule has 0 atom stereocenters. The SMILES string of the molecule is CONCC(=O)Nc1ccon1. The maximum atomic E-state index is 10.9. The zero-order valence-electron chi connectivity index (χ0n) is 6.53. The number of anilines is 1. The monoisotopic (exact) mass is 171 g/mol. The second-order valence-corrected chi connectivity index (χ2v) is 1.96. The van der Waals surface area contributed by atoms with Crippen molar-refractivity contribution in [2.75, 3.05) is 19.0 Å². The van der Waals surface area contributed by atoms with Crippen molar-refractivity contribution in [3.8, 4) is 0 Å². The summed E-state index contributed by atoms with van der Waals surface area (Å²) in [7, 11) is 1.43. The first-order valence-electron chi connectivity index (χ1n) is 3.29. The van der Waals surface area contributed by atoms with Crippen molar-refractivity contribution >= 4 is 11.7 Å².